The molecular formula is C35H38FN5O7. The number of anilines is 1. The fraction of sp³-hybridized carbons (Fsp3) is 0.429. The maximum absolute atomic E-state index is 15.4. The zero-order valence-electron chi connectivity index (χ0n) is 26.6. The Morgan fingerprint density at radius 1 is 0.917 bits per heavy atom. The van der Waals surface area contributed by atoms with Crippen molar-refractivity contribution >= 4 is 35.6 Å². The zero-order chi connectivity index (χ0) is 33.9. The average Bonchev–Trinajstić information content (AvgIpc) is 3.79. The fourth-order valence-corrected chi connectivity index (χ4v) is 6.91. The lowest BCUT2D eigenvalue weighted by atomic mass is 9.73. The van der Waals surface area contributed by atoms with Gasteiger partial charge in [-0.25, -0.2) is 14.0 Å². The number of alkyl carbamates (subject to hydrolysis) is 1. The molecule has 252 valence electrons. The third kappa shape index (κ3) is 6.67. The molecule has 0 radical (unpaired) electrons. The minimum absolute atomic E-state index is 0.0561. The molecule has 3 N–H and O–H groups in total. The number of amides is 3. The SMILES string of the molecule is CCOC(=O)NC(CC1(F)CCCC1)C(=O)NC1(C(=O)C(=O)Nc2ccn(C(=O)OCC3c4ccccc4-c4ccccc43)n2)CCC1. The summed E-state index contributed by atoms with van der Waals surface area (Å²) in [6.07, 6.45) is 2.19. The standard InChI is InChI=1S/C35H38FN5O7/c1-2-47-32(45)37-27(20-34(36)15-7-8-16-34)30(43)39-35(17-9-18-35)29(42)31(44)38-28-14-19-41(40-28)33(46)48-21-26-24-12-5-3-10-22(24)23-11-4-6-13-25(23)26/h3-6,10-14,19,26-27H,2,7-9,15-18,20-21H2,1H3,(H,37,45)(H,39,43)(H,38,40,44). The van der Waals surface area contributed by atoms with Crippen LogP contribution in [0.15, 0.2) is 60.8 Å². The predicted octanol–water partition coefficient (Wildman–Crippen LogP) is 5.01. The van der Waals surface area contributed by atoms with E-state index in [2.05, 4.69) is 21.0 Å². The van der Waals surface area contributed by atoms with Crippen LogP contribution in [-0.2, 0) is 23.9 Å². The van der Waals surface area contributed by atoms with E-state index in [1.165, 1.54) is 12.3 Å². The number of nitrogens with one attached hydrogen (secondary N) is 3. The molecule has 2 aromatic carbocycles. The number of ketones is 1. The van der Waals surface area contributed by atoms with Crippen LogP contribution in [0.5, 0.6) is 0 Å². The van der Waals surface area contributed by atoms with Crippen LogP contribution in [0.1, 0.15) is 75.3 Å². The highest BCUT2D eigenvalue weighted by atomic mass is 19.1. The first-order valence-corrected chi connectivity index (χ1v) is 16.3. The van der Waals surface area contributed by atoms with Gasteiger partial charge in [-0.15, -0.1) is 5.10 Å². The first-order valence-electron chi connectivity index (χ1n) is 16.3. The molecule has 0 saturated heterocycles. The number of benzene rings is 2. The largest absolute Gasteiger partial charge is 0.450 e. The Morgan fingerprint density at radius 3 is 2.17 bits per heavy atom. The van der Waals surface area contributed by atoms with Gasteiger partial charge in [0.2, 0.25) is 11.7 Å². The smallest absolute Gasteiger partial charge is 0.434 e. The van der Waals surface area contributed by atoms with Crippen molar-refractivity contribution in [3.63, 3.8) is 0 Å². The van der Waals surface area contributed by atoms with Crippen LogP contribution in [0.3, 0.4) is 0 Å². The van der Waals surface area contributed by atoms with Crippen molar-refractivity contribution in [2.24, 2.45) is 0 Å². The van der Waals surface area contributed by atoms with Crippen LogP contribution in [-0.4, -0.2) is 70.0 Å². The second kappa shape index (κ2) is 13.6. The van der Waals surface area contributed by atoms with Crippen molar-refractivity contribution in [2.45, 2.75) is 81.5 Å². The molecule has 1 aromatic heterocycles. The maximum Gasteiger partial charge on any atom is 0.434 e. The van der Waals surface area contributed by atoms with E-state index in [0.29, 0.717) is 19.3 Å². The highest BCUT2D eigenvalue weighted by Crippen LogP contribution is 2.44. The number of hydrogen-bond donors (Lipinski definition) is 3. The van der Waals surface area contributed by atoms with Crippen LogP contribution >= 0.6 is 0 Å². The molecule has 13 heteroatoms. The second-order valence-corrected chi connectivity index (χ2v) is 12.6. The molecule has 2 fully saturated rings. The van der Waals surface area contributed by atoms with Gasteiger partial charge in [-0.2, -0.15) is 4.68 Å². The van der Waals surface area contributed by atoms with Crippen LogP contribution in [0, 0.1) is 0 Å². The predicted molar refractivity (Wildman–Crippen MR) is 172 cm³/mol. The Bertz CT molecular complexity index is 1680. The van der Waals surface area contributed by atoms with Gasteiger partial charge < -0.3 is 25.4 Å². The molecule has 0 bridgehead atoms. The van der Waals surface area contributed by atoms with Gasteiger partial charge in [-0.3, -0.25) is 14.4 Å². The van der Waals surface area contributed by atoms with E-state index in [-0.39, 0.29) is 57.1 Å². The Hall–Kier alpha value is -5.07. The highest BCUT2D eigenvalue weighted by Gasteiger charge is 2.50. The Morgan fingerprint density at radius 2 is 1.56 bits per heavy atom. The van der Waals surface area contributed by atoms with Gasteiger partial charge >= 0.3 is 12.2 Å². The molecule has 12 nitrogen and oxygen atoms in total. The molecule has 3 aliphatic rings. The number of fused-ring (bicyclic) bond motifs is 3. The summed E-state index contributed by atoms with van der Waals surface area (Å²) in [5, 5.41) is 11.5. The monoisotopic (exact) mass is 659 g/mol. The summed E-state index contributed by atoms with van der Waals surface area (Å²) in [6.45, 7) is 1.73. The summed E-state index contributed by atoms with van der Waals surface area (Å²) in [5.41, 5.74) is 1.14. The van der Waals surface area contributed by atoms with Gasteiger partial charge in [-0.1, -0.05) is 61.4 Å². The Kier molecular flexibility index (Phi) is 9.29. The lowest BCUT2D eigenvalue weighted by molar-refractivity contribution is -0.144. The number of halogens is 1. The summed E-state index contributed by atoms with van der Waals surface area (Å²) >= 11 is 0. The van der Waals surface area contributed by atoms with Crippen LogP contribution in [0.4, 0.5) is 19.8 Å². The average molecular weight is 660 g/mol. The first kappa shape index (κ1) is 32.9. The van der Waals surface area contributed by atoms with E-state index in [9.17, 15) is 24.0 Å². The fourth-order valence-electron chi connectivity index (χ4n) is 6.91. The number of ether oxygens (including phenoxy) is 2. The number of hydrogen-bond acceptors (Lipinski definition) is 8. The van der Waals surface area contributed by atoms with E-state index < -0.39 is 47.0 Å². The molecule has 1 unspecified atom stereocenters. The topological polar surface area (TPSA) is 158 Å². The number of aromatic nitrogens is 2. The molecule has 1 atom stereocenters. The minimum atomic E-state index is -1.64. The second-order valence-electron chi connectivity index (χ2n) is 12.6. The summed E-state index contributed by atoms with van der Waals surface area (Å²) in [7, 11) is 0. The third-order valence-corrected chi connectivity index (χ3v) is 9.52. The van der Waals surface area contributed by atoms with Gasteiger partial charge in [0.25, 0.3) is 5.91 Å². The molecule has 6 rings (SSSR count). The van der Waals surface area contributed by atoms with E-state index in [4.69, 9.17) is 9.47 Å². The highest BCUT2D eigenvalue weighted by molar-refractivity contribution is 6.44. The lowest BCUT2D eigenvalue weighted by Crippen LogP contribution is -2.65. The minimum Gasteiger partial charge on any atom is -0.450 e. The van der Waals surface area contributed by atoms with E-state index in [1.54, 1.807) is 6.92 Å². The van der Waals surface area contributed by atoms with E-state index >= 15 is 4.39 Å². The molecule has 3 amide bonds. The van der Waals surface area contributed by atoms with Gasteiger partial charge in [-0.05, 0) is 61.3 Å². The third-order valence-electron chi connectivity index (χ3n) is 9.52. The van der Waals surface area contributed by atoms with Crippen LogP contribution in [0.2, 0.25) is 0 Å². The Labute approximate surface area is 276 Å². The van der Waals surface area contributed by atoms with Crippen LogP contribution in [0.25, 0.3) is 11.1 Å². The molecule has 2 saturated carbocycles. The molecular weight excluding hydrogens is 621 g/mol. The number of carbonyl (C=O) groups is 5. The van der Waals surface area contributed by atoms with Crippen molar-refractivity contribution < 1.29 is 37.8 Å². The number of rotatable bonds is 11. The van der Waals surface area contributed by atoms with Crippen LogP contribution < -0.4 is 16.0 Å². The van der Waals surface area contributed by atoms with E-state index in [1.807, 2.05) is 48.5 Å². The van der Waals surface area contributed by atoms with Crippen molar-refractivity contribution in [3.8, 4) is 11.1 Å². The number of carbonyl (C=O) groups excluding carboxylic acids is 5. The molecule has 3 aromatic rings. The van der Waals surface area contributed by atoms with Crippen molar-refractivity contribution in [3.05, 3.63) is 71.9 Å². The number of Topliss-reactive ketones (excluding diaryl/α,β-unsaturated/α-hetero) is 1. The maximum atomic E-state index is 15.4. The molecule has 0 spiro atoms. The summed E-state index contributed by atoms with van der Waals surface area (Å²) in [6, 6.07) is 15.9. The zero-order valence-corrected chi connectivity index (χ0v) is 26.6. The van der Waals surface area contributed by atoms with Crippen molar-refractivity contribution in [1.29, 1.82) is 0 Å². The first-order chi connectivity index (χ1) is 23.1. The van der Waals surface area contributed by atoms with Crippen molar-refractivity contribution in [2.75, 3.05) is 18.5 Å². The van der Waals surface area contributed by atoms with E-state index in [0.717, 1.165) is 26.9 Å². The number of nitrogens with zero attached hydrogens (tertiary/aromatic N) is 2. The number of alkyl halides is 1. The quantitative estimate of drug-likeness (QED) is 0.242. The van der Waals surface area contributed by atoms with Crippen molar-refractivity contribution in [1.82, 2.24) is 20.4 Å². The molecule has 3 aliphatic carbocycles. The van der Waals surface area contributed by atoms with Gasteiger partial charge in [0.05, 0.1) is 6.61 Å². The summed E-state index contributed by atoms with van der Waals surface area (Å²) in [4.78, 5) is 64.9. The van der Waals surface area contributed by atoms with Gasteiger partial charge in [0, 0.05) is 24.6 Å². The summed E-state index contributed by atoms with van der Waals surface area (Å²) in [5.74, 6) is -2.94. The van der Waals surface area contributed by atoms with Gasteiger partial charge in [0.1, 0.15) is 23.9 Å². The molecule has 1 heterocycles. The molecule has 0 aliphatic heterocycles. The lowest BCUT2D eigenvalue weighted by Gasteiger charge is -2.41. The molecule has 48 heavy (non-hydrogen) atoms. The van der Waals surface area contributed by atoms with Gasteiger partial charge in [0.15, 0.2) is 5.82 Å². The normalized spacial score (nSPS) is 17.6. The Balaban J connectivity index is 1.07. The summed E-state index contributed by atoms with van der Waals surface area (Å²) < 4.78 is 26.8.